The van der Waals surface area contributed by atoms with Crippen molar-refractivity contribution in [3.05, 3.63) is 29.8 Å². The topological polar surface area (TPSA) is 17.1 Å². The van der Waals surface area contributed by atoms with Gasteiger partial charge in [0.1, 0.15) is 5.78 Å². The summed E-state index contributed by atoms with van der Waals surface area (Å²) < 4.78 is 0. The predicted octanol–water partition coefficient (Wildman–Crippen LogP) is 4.24. The van der Waals surface area contributed by atoms with Crippen molar-refractivity contribution in [1.82, 2.24) is 0 Å². The molecule has 0 N–H and O–H groups in total. The summed E-state index contributed by atoms with van der Waals surface area (Å²) in [7, 11) is 0. The van der Waals surface area contributed by atoms with Crippen molar-refractivity contribution in [2.75, 3.05) is 0 Å². The third kappa shape index (κ3) is 2.64. The van der Waals surface area contributed by atoms with Crippen LogP contribution in [0, 0.1) is 5.92 Å². The van der Waals surface area contributed by atoms with E-state index in [1.165, 1.54) is 23.3 Å². The molecule has 18 heavy (non-hydrogen) atoms. The molecule has 96 valence electrons. The molecule has 3 rings (SSSR count). The monoisotopic (exact) mass is 260 g/mol. The lowest BCUT2D eigenvalue weighted by Crippen LogP contribution is -2.13. The summed E-state index contributed by atoms with van der Waals surface area (Å²) in [5.41, 5.74) is 1.47. The average Bonchev–Trinajstić information content (AvgIpc) is 3.04. The molecule has 1 aromatic carbocycles. The second kappa shape index (κ2) is 5.48. The molecule has 0 bridgehead atoms. The van der Waals surface area contributed by atoms with Gasteiger partial charge >= 0.3 is 0 Å². The molecular formula is C16H20OS. The number of carbonyl (C=O) groups is 1. The van der Waals surface area contributed by atoms with Gasteiger partial charge in [-0.2, -0.15) is 0 Å². The van der Waals surface area contributed by atoms with Crippen LogP contribution in [0.5, 0.6) is 0 Å². The van der Waals surface area contributed by atoms with E-state index < -0.39 is 0 Å². The lowest BCUT2D eigenvalue weighted by molar-refractivity contribution is -0.122. The van der Waals surface area contributed by atoms with Crippen LogP contribution in [0.2, 0.25) is 0 Å². The molecule has 0 aromatic heterocycles. The van der Waals surface area contributed by atoms with Gasteiger partial charge in [-0.05, 0) is 37.3 Å². The van der Waals surface area contributed by atoms with Gasteiger partial charge in [0.05, 0.1) is 0 Å². The number of hydrogen-bond donors (Lipinski definition) is 0. The van der Waals surface area contributed by atoms with Crippen LogP contribution in [0.25, 0.3) is 0 Å². The van der Waals surface area contributed by atoms with E-state index in [0.29, 0.717) is 17.0 Å². The van der Waals surface area contributed by atoms with Crippen molar-refractivity contribution in [2.45, 2.75) is 55.1 Å². The minimum atomic E-state index is 0.402. The van der Waals surface area contributed by atoms with Gasteiger partial charge in [0.15, 0.2) is 0 Å². The number of rotatable bonds is 4. The van der Waals surface area contributed by atoms with Crippen LogP contribution in [-0.4, -0.2) is 11.0 Å². The first-order valence-corrected chi connectivity index (χ1v) is 7.98. The second-order valence-electron chi connectivity index (χ2n) is 5.54. The van der Waals surface area contributed by atoms with Gasteiger partial charge in [-0.15, -0.1) is 11.8 Å². The molecule has 1 saturated carbocycles. The van der Waals surface area contributed by atoms with Crippen molar-refractivity contribution in [2.24, 2.45) is 5.92 Å². The molecule has 0 saturated heterocycles. The molecule has 1 nitrogen and oxygen atoms in total. The molecule has 2 aliphatic rings. The van der Waals surface area contributed by atoms with E-state index in [2.05, 4.69) is 24.3 Å². The van der Waals surface area contributed by atoms with Crippen molar-refractivity contribution in [3.63, 3.8) is 0 Å². The standard InChI is InChI=1S/C16H20OS/c17-15(12-5-1-2-6-12)10-9-14-11-13-7-3-4-8-16(13)18-14/h3-4,7-8,12,14H,1-2,5-6,9-11H2. The van der Waals surface area contributed by atoms with Gasteiger partial charge in [-0.1, -0.05) is 31.0 Å². The molecule has 1 aliphatic heterocycles. The Balaban J connectivity index is 1.49. The Morgan fingerprint density at radius 1 is 1.22 bits per heavy atom. The fourth-order valence-electron chi connectivity index (χ4n) is 3.17. The highest BCUT2D eigenvalue weighted by atomic mass is 32.2. The van der Waals surface area contributed by atoms with Crippen LogP contribution in [0.4, 0.5) is 0 Å². The predicted molar refractivity (Wildman–Crippen MR) is 76.0 cm³/mol. The minimum Gasteiger partial charge on any atom is -0.299 e. The lowest BCUT2D eigenvalue weighted by Gasteiger charge is -2.10. The Bertz CT molecular complexity index is 409. The molecule has 0 radical (unpaired) electrons. The van der Waals surface area contributed by atoms with Gasteiger partial charge in [0, 0.05) is 22.5 Å². The zero-order valence-corrected chi connectivity index (χ0v) is 11.5. The number of fused-ring (bicyclic) bond motifs is 1. The zero-order chi connectivity index (χ0) is 12.4. The van der Waals surface area contributed by atoms with E-state index in [0.717, 1.165) is 32.1 Å². The summed E-state index contributed by atoms with van der Waals surface area (Å²) >= 11 is 1.97. The maximum absolute atomic E-state index is 12.1. The van der Waals surface area contributed by atoms with E-state index in [1.807, 2.05) is 11.8 Å². The van der Waals surface area contributed by atoms with Gasteiger partial charge in [-0.3, -0.25) is 4.79 Å². The van der Waals surface area contributed by atoms with Gasteiger partial charge in [0.2, 0.25) is 0 Å². The number of benzene rings is 1. The van der Waals surface area contributed by atoms with Crippen molar-refractivity contribution >= 4 is 17.5 Å². The first-order valence-electron chi connectivity index (χ1n) is 7.10. The molecule has 0 amide bonds. The van der Waals surface area contributed by atoms with E-state index in [4.69, 9.17) is 0 Å². The van der Waals surface area contributed by atoms with Crippen molar-refractivity contribution in [3.8, 4) is 0 Å². The SMILES string of the molecule is O=C(CCC1Cc2ccccc2S1)C1CCCC1. The molecule has 1 aromatic rings. The van der Waals surface area contributed by atoms with Crippen molar-refractivity contribution in [1.29, 1.82) is 0 Å². The minimum absolute atomic E-state index is 0.402. The summed E-state index contributed by atoms with van der Waals surface area (Å²) in [6, 6.07) is 8.66. The fraction of sp³-hybridized carbons (Fsp3) is 0.562. The Morgan fingerprint density at radius 2 is 2.00 bits per heavy atom. The molecule has 1 atom stereocenters. The fourth-order valence-corrected chi connectivity index (χ4v) is 4.49. The second-order valence-corrected chi connectivity index (χ2v) is 6.88. The molecular weight excluding hydrogens is 240 g/mol. The normalized spacial score (nSPS) is 23.2. The van der Waals surface area contributed by atoms with E-state index in [-0.39, 0.29) is 0 Å². The first-order chi connectivity index (χ1) is 8.83. The highest BCUT2D eigenvalue weighted by Gasteiger charge is 2.26. The summed E-state index contributed by atoms with van der Waals surface area (Å²) in [5.74, 6) is 0.933. The summed E-state index contributed by atoms with van der Waals surface area (Å²) in [4.78, 5) is 13.5. The maximum Gasteiger partial charge on any atom is 0.136 e. The number of Topliss-reactive ketones (excluding diaryl/α,β-unsaturated/α-hetero) is 1. The highest BCUT2D eigenvalue weighted by molar-refractivity contribution is 8.00. The molecule has 2 heteroatoms. The smallest absolute Gasteiger partial charge is 0.136 e. The van der Waals surface area contributed by atoms with Crippen LogP contribution in [-0.2, 0) is 11.2 Å². The number of ketones is 1. The van der Waals surface area contributed by atoms with Crippen LogP contribution < -0.4 is 0 Å². The molecule has 1 heterocycles. The van der Waals surface area contributed by atoms with Gasteiger partial charge in [0.25, 0.3) is 0 Å². The van der Waals surface area contributed by atoms with Crippen LogP contribution in [0.15, 0.2) is 29.2 Å². The van der Waals surface area contributed by atoms with E-state index in [1.54, 1.807) is 0 Å². The third-order valence-corrected chi connectivity index (χ3v) is 5.62. The number of hydrogen-bond acceptors (Lipinski definition) is 2. The third-order valence-electron chi connectivity index (χ3n) is 4.24. The Labute approximate surface area is 113 Å². The van der Waals surface area contributed by atoms with E-state index in [9.17, 15) is 4.79 Å². The van der Waals surface area contributed by atoms with Gasteiger partial charge < -0.3 is 0 Å². The summed E-state index contributed by atoms with van der Waals surface area (Å²) in [5, 5.41) is 0.632. The Morgan fingerprint density at radius 3 is 2.78 bits per heavy atom. The van der Waals surface area contributed by atoms with Crippen molar-refractivity contribution < 1.29 is 4.79 Å². The van der Waals surface area contributed by atoms with Crippen LogP contribution >= 0.6 is 11.8 Å². The number of thioether (sulfide) groups is 1. The molecule has 0 spiro atoms. The van der Waals surface area contributed by atoms with Crippen LogP contribution in [0.3, 0.4) is 0 Å². The summed E-state index contributed by atoms with van der Waals surface area (Å²) in [6.07, 6.45) is 7.84. The maximum atomic E-state index is 12.1. The van der Waals surface area contributed by atoms with E-state index >= 15 is 0 Å². The highest BCUT2D eigenvalue weighted by Crippen LogP contribution is 2.39. The molecule has 1 unspecified atom stereocenters. The zero-order valence-electron chi connectivity index (χ0n) is 10.7. The molecule has 1 fully saturated rings. The average molecular weight is 260 g/mol. The Hall–Kier alpha value is -0.760. The Kier molecular flexibility index (Phi) is 3.74. The first kappa shape index (κ1) is 12.3. The van der Waals surface area contributed by atoms with Gasteiger partial charge in [-0.25, -0.2) is 0 Å². The largest absolute Gasteiger partial charge is 0.299 e. The summed E-state index contributed by atoms with van der Waals surface area (Å²) in [6.45, 7) is 0. The lowest BCUT2D eigenvalue weighted by atomic mass is 9.97. The molecule has 1 aliphatic carbocycles. The quantitative estimate of drug-likeness (QED) is 0.805. The number of carbonyl (C=O) groups excluding carboxylic acids is 1. The van der Waals surface area contributed by atoms with Crippen LogP contribution in [0.1, 0.15) is 44.1 Å².